The van der Waals surface area contributed by atoms with E-state index in [1.54, 1.807) is 0 Å². The van der Waals surface area contributed by atoms with Crippen molar-refractivity contribution in [3.8, 4) is 0 Å². The molecule has 0 saturated heterocycles. The number of anilines is 1. The van der Waals surface area contributed by atoms with Crippen molar-refractivity contribution in [2.24, 2.45) is 5.92 Å². The van der Waals surface area contributed by atoms with Crippen LogP contribution in [0.2, 0.25) is 0 Å². The summed E-state index contributed by atoms with van der Waals surface area (Å²) in [5, 5.41) is 2.97. The predicted molar refractivity (Wildman–Crippen MR) is 96.8 cm³/mol. The second-order valence-corrected chi connectivity index (χ2v) is 8.09. The third kappa shape index (κ3) is 5.99. The minimum absolute atomic E-state index is 0.213. The number of alkyl halides is 1. The molecule has 0 aromatic heterocycles. The van der Waals surface area contributed by atoms with Crippen LogP contribution >= 0.6 is 15.9 Å². The summed E-state index contributed by atoms with van der Waals surface area (Å²) in [7, 11) is 0. The first-order valence-electron chi connectivity index (χ1n) is 7.90. The summed E-state index contributed by atoms with van der Waals surface area (Å²) in [6.07, 6.45) is 1.47. The average Bonchev–Trinajstić information content (AvgIpc) is 2.37. The van der Waals surface area contributed by atoms with Gasteiger partial charge in [0.15, 0.2) is 0 Å². The topological polar surface area (TPSA) is 38.3 Å². The summed E-state index contributed by atoms with van der Waals surface area (Å²) < 4.78 is 5.40. The lowest BCUT2D eigenvalue weighted by molar-refractivity contribution is 0.0635. The molecule has 1 amide bonds. The summed E-state index contributed by atoms with van der Waals surface area (Å²) in [4.78, 5) is 12.4. The first-order valence-corrected chi connectivity index (χ1v) is 8.81. The molecule has 0 radical (unpaired) electrons. The Hall–Kier alpha value is -1.03. The number of ether oxygens (including phenoxy) is 1. The second-order valence-electron chi connectivity index (χ2n) is 6.98. The quantitative estimate of drug-likeness (QED) is 0.638. The molecule has 0 saturated carbocycles. The Labute approximate surface area is 143 Å². The summed E-state index contributed by atoms with van der Waals surface area (Å²) in [6, 6.07) is 6.18. The lowest BCUT2D eigenvalue weighted by atomic mass is 9.96. The van der Waals surface area contributed by atoms with Gasteiger partial charge in [-0.3, -0.25) is 5.32 Å². The molecule has 4 heteroatoms. The molecule has 1 aromatic rings. The molecular formula is C18H28BrNO2. The van der Waals surface area contributed by atoms with Crippen LogP contribution in [0.4, 0.5) is 10.5 Å². The van der Waals surface area contributed by atoms with Gasteiger partial charge >= 0.3 is 6.09 Å². The molecule has 1 aromatic carbocycles. The average molecular weight is 370 g/mol. The highest BCUT2D eigenvalue weighted by molar-refractivity contribution is 9.09. The molecule has 1 N–H and O–H groups in total. The lowest BCUT2D eigenvalue weighted by Gasteiger charge is -2.23. The third-order valence-corrected chi connectivity index (χ3v) is 4.27. The highest BCUT2D eigenvalue weighted by Crippen LogP contribution is 2.35. The Morgan fingerprint density at radius 1 is 1.32 bits per heavy atom. The van der Waals surface area contributed by atoms with Crippen molar-refractivity contribution in [3.05, 3.63) is 29.3 Å². The number of para-hydroxylation sites is 1. The molecule has 0 heterocycles. The van der Waals surface area contributed by atoms with E-state index in [4.69, 9.17) is 4.74 Å². The Balaban J connectivity index is 3.13. The smallest absolute Gasteiger partial charge is 0.412 e. The number of hydrogen-bond acceptors (Lipinski definition) is 2. The van der Waals surface area contributed by atoms with E-state index >= 15 is 0 Å². The number of amides is 1. The fourth-order valence-corrected chi connectivity index (χ4v) is 2.65. The van der Waals surface area contributed by atoms with E-state index in [1.165, 1.54) is 0 Å². The zero-order valence-electron chi connectivity index (χ0n) is 14.5. The number of carbonyl (C=O) groups is 1. The van der Waals surface area contributed by atoms with Gasteiger partial charge in [0.25, 0.3) is 0 Å². The summed E-state index contributed by atoms with van der Waals surface area (Å²) in [5.41, 5.74) is 2.63. The molecular weight excluding hydrogens is 342 g/mol. The van der Waals surface area contributed by atoms with Crippen molar-refractivity contribution < 1.29 is 9.53 Å². The van der Waals surface area contributed by atoms with Crippen LogP contribution in [0, 0.1) is 5.92 Å². The van der Waals surface area contributed by atoms with Gasteiger partial charge < -0.3 is 4.74 Å². The zero-order chi connectivity index (χ0) is 16.9. The van der Waals surface area contributed by atoms with Gasteiger partial charge in [0, 0.05) is 4.83 Å². The van der Waals surface area contributed by atoms with E-state index in [-0.39, 0.29) is 4.83 Å². The molecule has 0 aliphatic rings. The molecule has 0 fully saturated rings. The van der Waals surface area contributed by atoms with E-state index in [1.807, 2.05) is 20.8 Å². The first-order chi connectivity index (χ1) is 10.1. The fourth-order valence-electron chi connectivity index (χ4n) is 2.27. The molecule has 1 atom stereocenters. The Morgan fingerprint density at radius 2 is 1.95 bits per heavy atom. The van der Waals surface area contributed by atoms with Gasteiger partial charge in [0.2, 0.25) is 0 Å². The van der Waals surface area contributed by atoms with Crippen molar-refractivity contribution in [1.82, 2.24) is 0 Å². The molecule has 1 rings (SSSR count). The van der Waals surface area contributed by atoms with E-state index < -0.39 is 11.7 Å². The van der Waals surface area contributed by atoms with E-state index in [2.05, 4.69) is 60.2 Å². The number of halogens is 1. The summed E-state index contributed by atoms with van der Waals surface area (Å²) in [6.45, 7) is 12.1. The number of benzene rings is 1. The van der Waals surface area contributed by atoms with Crippen molar-refractivity contribution in [2.75, 3.05) is 5.32 Å². The normalized spacial score (nSPS) is 13.1. The molecule has 0 spiro atoms. The van der Waals surface area contributed by atoms with Crippen LogP contribution in [0.1, 0.15) is 63.9 Å². The minimum atomic E-state index is -0.504. The molecule has 0 aliphatic heterocycles. The van der Waals surface area contributed by atoms with Crippen LogP contribution in [-0.4, -0.2) is 11.7 Å². The molecule has 22 heavy (non-hydrogen) atoms. The van der Waals surface area contributed by atoms with Crippen LogP contribution in [0.25, 0.3) is 0 Å². The van der Waals surface area contributed by atoms with Crippen molar-refractivity contribution in [2.45, 2.75) is 64.8 Å². The largest absolute Gasteiger partial charge is 0.444 e. The molecule has 3 nitrogen and oxygen atoms in total. The number of hydrogen-bond donors (Lipinski definition) is 1. The van der Waals surface area contributed by atoms with Gasteiger partial charge in [-0.2, -0.15) is 0 Å². The van der Waals surface area contributed by atoms with Gasteiger partial charge in [-0.25, -0.2) is 4.79 Å². The van der Waals surface area contributed by atoms with Crippen LogP contribution in [-0.2, 0) is 11.2 Å². The van der Waals surface area contributed by atoms with Crippen molar-refractivity contribution >= 4 is 27.7 Å². The Kier molecular flexibility index (Phi) is 6.92. The van der Waals surface area contributed by atoms with Crippen LogP contribution in [0.5, 0.6) is 0 Å². The van der Waals surface area contributed by atoms with E-state index in [0.717, 1.165) is 29.7 Å². The van der Waals surface area contributed by atoms with Gasteiger partial charge in [-0.05, 0) is 50.7 Å². The summed E-state index contributed by atoms with van der Waals surface area (Å²) in [5.74, 6) is 0.518. The predicted octanol–water partition coefficient (Wildman–Crippen LogP) is 6.08. The molecule has 1 unspecified atom stereocenters. The third-order valence-electron chi connectivity index (χ3n) is 3.13. The van der Waals surface area contributed by atoms with Gasteiger partial charge in [-0.1, -0.05) is 54.9 Å². The Morgan fingerprint density at radius 3 is 2.45 bits per heavy atom. The monoisotopic (exact) mass is 369 g/mol. The highest BCUT2D eigenvalue weighted by Gasteiger charge is 2.20. The maximum Gasteiger partial charge on any atom is 0.412 e. The van der Waals surface area contributed by atoms with Crippen LogP contribution in [0.3, 0.4) is 0 Å². The van der Waals surface area contributed by atoms with E-state index in [9.17, 15) is 4.79 Å². The number of carbonyl (C=O) groups excluding carboxylic acids is 1. The molecule has 124 valence electrons. The molecule has 0 bridgehead atoms. The maximum atomic E-state index is 12.2. The number of rotatable bonds is 5. The highest BCUT2D eigenvalue weighted by atomic mass is 79.9. The van der Waals surface area contributed by atoms with Crippen LogP contribution < -0.4 is 5.32 Å². The fraction of sp³-hybridized carbons (Fsp3) is 0.611. The standard InChI is InChI=1S/C18H28BrNO2/c1-7-15(19)14-10-8-9-13(11-12(2)3)16(14)20-17(21)22-18(4,5)6/h8-10,12,15H,7,11H2,1-6H3,(H,20,21). The maximum absolute atomic E-state index is 12.2. The molecule has 0 aliphatic carbocycles. The van der Waals surface area contributed by atoms with Crippen LogP contribution in [0.15, 0.2) is 18.2 Å². The zero-order valence-corrected chi connectivity index (χ0v) is 16.1. The lowest BCUT2D eigenvalue weighted by Crippen LogP contribution is -2.28. The van der Waals surface area contributed by atoms with E-state index in [0.29, 0.717) is 5.92 Å². The van der Waals surface area contributed by atoms with Gasteiger partial charge in [0.05, 0.1) is 5.69 Å². The summed E-state index contributed by atoms with van der Waals surface area (Å²) >= 11 is 3.70. The van der Waals surface area contributed by atoms with Crippen molar-refractivity contribution in [3.63, 3.8) is 0 Å². The Bertz CT molecular complexity index is 506. The second kappa shape index (κ2) is 8.00. The van der Waals surface area contributed by atoms with Gasteiger partial charge in [0.1, 0.15) is 5.60 Å². The van der Waals surface area contributed by atoms with Gasteiger partial charge in [-0.15, -0.1) is 0 Å². The SMILES string of the molecule is CCC(Br)c1cccc(CC(C)C)c1NC(=O)OC(C)(C)C. The minimum Gasteiger partial charge on any atom is -0.444 e. The van der Waals surface area contributed by atoms with Crippen molar-refractivity contribution in [1.29, 1.82) is 0 Å². The number of nitrogens with one attached hydrogen (secondary N) is 1. The first kappa shape index (κ1) is 19.0.